The molecule has 1 heterocycles. The molecular weight excluding hydrogens is 326 g/mol. The molecule has 0 amide bonds. The number of aromatic nitrogens is 2. The van der Waals surface area contributed by atoms with Crippen LogP contribution in [0.5, 0.6) is 5.75 Å². The maximum absolute atomic E-state index is 12.5. The number of nitrogens with zero attached hydrogens (tertiary/aromatic N) is 2. The number of benzene rings is 2. The third kappa shape index (κ3) is 4.18. The van der Waals surface area contributed by atoms with Gasteiger partial charge in [-0.15, -0.1) is 0 Å². The molecule has 134 valence electrons. The van der Waals surface area contributed by atoms with Crippen LogP contribution in [-0.2, 0) is 6.54 Å². The van der Waals surface area contributed by atoms with Crippen LogP contribution in [0, 0.1) is 0 Å². The molecule has 3 aromatic rings. The molecule has 5 nitrogen and oxygen atoms in total. The number of fused-ring (bicyclic) bond motifs is 1. The average molecular weight is 349 g/mol. The Hall–Kier alpha value is -2.92. The third-order valence-corrected chi connectivity index (χ3v) is 4.26. The van der Waals surface area contributed by atoms with Crippen LogP contribution in [0.2, 0.25) is 0 Å². The summed E-state index contributed by atoms with van der Waals surface area (Å²) in [5.74, 6) is 0.838. The van der Waals surface area contributed by atoms with Crippen LogP contribution in [0.4, 0.5) is 0 Å². The van der Waals surface area contributed by atoms with Crippen LogP contribution >= 0.6 is 0 Å². The normalized spacial score (nSPS) is 11.3. The average Bonchev–Trinajstić information content (AvgIpc) is 2.68. The Morgan fingerprint density at radius 2 is 1.85 bits per heavy atom. The van der Waals surface area contributed by atoms with Gasteiger partial charge in [0.25, 0.3) is 5.56 Å². The van der Waals surface area contributed by atoms with Crippen molar-refractivity contribution in [3.63, 3.8) is 0 Å². The Labute approximate surface area is 152 Å². The molecule has 0 fully saturated rings. The summed E-state index contributed by atoms with van der Waals surface area (Å²) in [5, 5.41) is 8.93. The van der Waals surface area contributed by atoms with Gasteiger partial charge in [0.1, 0.15) is 5.75 Å². The standard InChI is InChI=1S/C21H23N3O2/c1-22-12-3-13-24-21(25)20-11-8-17(14-18(20)15-23-24)5-4-16-6-9-19(26-2)10-7-16/h4-11,14-15,22H,3,12-13H2,1-2H3. The highest BCUT2D eigenvalue weighted by atomic mass is 16.5. The van der Waals surface area contributed by atoms with Crippen LogP contribution in [0.3, 0.4) is 0 Å². The number of ether oxygens (including phenoxy) is 1. The maximum Gasteiger partial charge on any atom is 0.274 e. The van der Waals surface area contributed by atoms with E-state index in [0.717, 1.165) is 35.2 Å². The Kier molecular flexibility index (Phi) is 5.81. The molecule has 0 aliphatic heterocycles. The summed E-state index contributed by atoms with van der Waals surface area (Å²) in [7, 11) is 3.56. The number of hydrogen-bond acceptors (Lipinski definition) is 4. The number of nitrogens with one attached hydrogen (secondary N) is 1. The van der Waals surface area contributed by atoms with E-state index in [1.807, 2.05) is 61.7 Å². The van der Waals surface area contributed by atoms with E-state index in [0.29, 0.717) is 11.9 Å². The van der Waals surface area contributed by atoms with Crippen LogP contribution in [0.25, 0.3) is 22.9 Å². The molecule has 0 aliphatic carbocycles. The van der Waals surface area contributed by atoms with Crippen LogP contribution in [0.1, 0.15) is 17.5 Å². The van der Waals surface area contributed by atoms with Crippen LogP contribution < -0.4 is 15.6 Å². The molecule has 0 spiro atoms. The van der Waals surface area contributed by atoms with E-state index in [1.54, 1.807) is 13.3 Å². The van der Waals surface area contributed by atoms with Crippen LogP contribution in [0.15, 0.2) is 53.5 Å². The highest BCUT2D eigenvalue weighted by Gasteiger charge is 2.04. The highest BCUT2D eigenvalue weighted by Crippen LogP contribution is 2.16. The third-order valence-electron chi connectivity index (χ3n) is 4.26. The van der Waals surface area contributed by atoms with Gasteiger partial charge >= 0.3 is 0 Å². The molecule has 1 aromatic heterocycles. The Morgan fingerprint density at radius 1 is 1.12 bits per heavy atom. The summed E-state index contributed by atoms with van der Waals surface area (Å²) in [6.45, 7) is 1.48. The zero-order chi connectivity index (χ0) is 18.4. The van der Waals surface area contributed by atoms with Crippen molar-refractivity contribution in [3.8, 4) is 5.75 Å². The largest absolute Gasteiger partial charge is 0.497 e. The summed E-state index contributed by atoms with van der Waals surface area (Å²) in [4.78, 5) is 12.5. The van der Waals surface area contributed by atoms with Gasteiger partial charge in [-0.05, 0) is 55.4 Å². The first kappa shape index (κ1) is 17.9. The lowest BCUT2D eigenvalue weighted by atomic mass is 10.1. The Balaban J connectivity index is 1.81. The fourth-order valence-electron chi connectivity index (χ4n) is 2.78. The summed E-state index contributed by atoms with van der Waals surface area (Å²) >= 11 is 0. The van der Waals surface area contributed by atoms with Gasteiger partial charge in [0, 0.05) is 11.9 Å². The molecule has 5 heteroatoms. The number of rotatable bonds is 7. The second-order valence-electron chi connectivity index (χ2n) is 6.08. The topological polar surface area (TPSA) is 56.1 Å². The number of hydrogen-bond donors (Lipinski definition) is 1. The predicted octanol–water partition coefficient (Wildman–Crippen LogP) is 3.19. The van der Waals surface area contributed by atoms with E-state index >= 15 is 0 Å². The van der Waals surface area contributed by atoms with E-state index in [-0.39, 0.29) is 5.56 Å². The van der Waals surface area contributed by atoms with Gasteiger partial charge in [0.15, 0.2) is 0 Å². The first-order valence-corrected chi connectivity index (χ1v) is 8.68. The molecule has 1 N–H and O–H groups in total. The lowest BCUT2D eigenvalue weighted by Gasteiger charge is -2.06. The minimum Gasteiger partial charge on any atom is -0.497 e. The zero-order valence-corrected chi connectivity index (χ0v) is 15.1. The molecule has 2 aromatic carbocycles. The second-order valence-corrected chi connectivity index (χ2v) is 6.08. The van der Waals surface area contributed by atoms with Crippen molar-refractivity contribution in [1.29, 1.82) is 0 Å². The SMILES string of the molecule is CNCCCn1ncc2cc(C=Cc3ccc(OC)cc3)ccc2c1=O. The Morgan fingerprint density at radius 3 is 2.58 bits per heavy atom. The van der Waals surface area contributed by atoms with Crippen molar-refractivity contribution in [3.05, 3.63) is 70.1 Å². The van der Waals surface area contributed by atoms with Gasteiger partial charge < -0.3 is 10.1 Å². The smallest absolute Gasteiger partial charge is 0.274 e. The molecule has 0 unspecified atom stereocenters. The quantitative estimate of drug-likeness (QED) is 0.526. The van der Waals surface area contributed by atoms with Crippen molar-refractivity contribution < 1.29 is 4.74 Å². The van der Waals surface area contributed by atoms with Gasteiger partial charge in [0.2, 0.25) is 0 Å². The summed E-state index contributed by atoms with van der Waals surface area (Å²) in [6.07, 6.45) is 6.70. The van der Waals surface area contributed by atoms with E-state index in [2.05, 4.69) is 10.4 Å². The molecule has 0 atom stereocenters. The molecule has 0 radical (unpaired) electrons. The first-order valence-electron chi connectivity index (χ1n) is 8.68. The summed E-state index contributed by atoms with van der Waals surface area (Å²) in [6, 6.07) is 13.7. The van der Waals surface area contributed by atoms with Crippen molar-refractivity contribution in [1.82, 2.24) is 15.1 Å². The van der Waals surface area contributed by atoms with E-state index < -0.39 is 0 Å². The fraction of sp³-hybridized carbons (Fsp3) is 0.238. The molecule has 0 aliphatic rings. The molecule has 0 saturated heterocycles. The molecule has 0 bridgehead atoms. The van der Waals surface area contributed by atoms with E-state index in [4.69, 9.17) is 4.74 Å². The van der Waals surface area contributed by atoms with Gasteiger partial charge in [-0.25, -0.2) is 4.68 Å². The van der Waals surface area contributed by atoms with E-state index in [1.165, 1.54) is 4.68 Å². The molecule has 3 rings (SSSR count). The van der Waals surface area contributed by atoms with Crippen molar-refractivity contribution in [2.45, 2.75) is 13.0 Å². The number of aryl methyl sites for hydroxylation is 1. The number of methoxy groups -OCH3 is 1. The fourth-order valence-corrected chi connectivity index (χ4v) is 2.78. The summed E-state index contributed by atoms with van der Waals surface area (Å²) in [5.41, 5.74) is 2.08. The minimum absolute atomic E-state index is 0.0377. The maximum atomic E-state index is 12.5. The Bertz CT molecular complexity index is 959. The monoisotopic (exact) mass is 349 g/mol. The van der Waals surface area contributed by atoms with Crippen molar-refractivity contribution in [2.24, 2.45) is 0 Å². The van der Waals surface area contributed by atoms with Gasteiger partial charge in [-0.1, -0.05) is 30.4 Å². The van der Waals surface area contributed by atoms with Gasteiger partial charge in [-0.2, -0.15) is 5.10 Å². The zero-order valence-electron chi connectivity index (χ0n) is 15.1. The lowest BCUT2D eigenvalue weighted by Crippen LogP contribution is -2.24. The van der Waals surface area contributed by atoms with Crippen molar-refractivity contribution in [2.75, 3.05) is 20.7 Å². The van der Waals surface area contributed by atoms with Gasteiger partial charge in [-0.3, -0.25) is 4.79 Å². The predicted molar refractivity (Wildman–Crippen MR) is 106 cm³/mol. The molecule has 0 saturated carbocycles. The van der Waals surface area contributed by atoms with Gasteiger partial charge in [0.05, 0.1) is 18.7 Å². The summed E-state index contributed by atoms with van der Waals surface area (Å²) < 4.78 is 6.70. The lowest BCUT2D eigenvalue weighted by molar-refractivity contribution is 0.415. The van der Waals surface area contributed by atoms with Crippen molar-refractivity contribution >= 4 is 22.9 Å². The van der Waals surface area contributed by atoms with Crippen LogP contribution in [-0.4, -0.2) is 30.5 Å². The first-order chi connectivity index (χ1) is 12.7. The van der Waals surface area contributed by atoms with E-state index in [9.17, 15) is 4.79 Å². The minimum atomic E-state index is -0.0377. The molecular formula is C21H23N3O2. The molecule has 26 heavy (non-hydrogen) atoms. The highest BCUT2D eigenvalue weighted by molar-refractivity contribution is 5.84. The second kappa shape index (κ2) is 8.45.